The van der Waals surface area contributed by atoms with E-state index in [0.29, 0.717) is 0 Å². The summed E-state index contributed by atoms with van der Waals surface area (Å²) in [5, 5.41) is 0. The van der Waals surface area contributed by atoms with E-state index < -0.39 is 0 Å². The average Bonchev–Trinajstić information content (AvgIpc) is 2.38. The molecule has 0 aromatic rings. The molecule has 0 saturated carbocycles. The number of hydrogen-bond donors (Lipinski definition) is 0. The van der Waals surface area contributed by atoms with Gasteiger partial charge in [-0.1, -0.05) is 84.0 Å². The molecule has 0 aliphatic heterocycles. The fraction of sp³-hybridized carbons (Fsp3) is 0.933. The van der Waals surface area contributed by atoms with Crippen molar-refractivity contribution in [2.24, 2.45) is 0 Å². The summed E-state index contributed by atoms with van der Waals surface area (Å²) in [5.74, 6) is 0. The second kappa shape index (κ2) is 22.3. The first-order valence-electron chi connectivity index (χ1n) is 7.47. The first-order valence-corrected chi connectivity index (χ1v) is 14.4. The Labute approximate surface area is 127 Å². The van der Waals surface area contributed by atoms with Crippen LogP contribution in [0, 0.1) is 6.92 Å². The van der Waals surface area contributed by atoms with Gasteiger partial charge in [-0.15, -0.1) is 0 Å². The summed E-state index contributed by atoms with van der Waals surface area (Å²) in [6, 6.07) is 0. The molecule has 0 radical (unpaired) electrons. The van der Waals surface area contributed by atoms with Crippen molar-refractivity contribution in [3.05, 3.63) is 6.92 Å². The molecule has 0 N–H and O–H groups in total. The van der Waals surface area contributed by atoms with Crippen LogP contribution in [0.1, 0.15) is 90.4 Å². The second-order valence-corrected chi connectivity index (χ2v) is 4.74. The normalized spacial score (nSPS) is 9.94. The van der Waals surface area contributed by atoms with Crippen molar-refractivity contribution < 1.29 is 16.3 Å². The van der Waals surface area contributed by atoms with Crippen molar-refractivity contribution in [3.63, 3.8) is 0 Å². The van der Waals surface area contributed by atoms with E-state index in [1.165, 1.54) is 93.4 Å². The van der Waals surface area contributed by atoms with Crippen LogP contribution in [0.15, 0.2) is 0 Å². The van der Waals surface area contributed by atoms with E-state index in [4.69, 9.17) is 0 Å². The molecule has 0 atom stereocenters. The number of halogens is 1. The van der Waals surface area contributed by atoms with Crippen LogP contribution in [-0.4, -0.2) is 0 Å². The van der Waals surface area contributed by atoms with Gasteiger partial charge in [0, 0.05) is 0 Å². The van der Waals surface area contributed by atoms with Crippen LogP contribution in [0.3, 0.4) is 0 Å². The molecule has 0 aromatic heterocycles. The van der Waals surface area contributed by atoms with Crippen molar-refractivity contribution >= 4 is 13.6 Å². The molecular weight excluding hydrogens is 325 g/mol. The second-order valence-electron chi connectivity index (χ2n) is 4.74. The van der Waals surface area contributed by atoms with Crippen molar-refractivity contribution in [1.29, 1.82) is 0 Å². The van der Waals surface area contributed by atoms with Gasteiger partial charge in [-0.25, -0.2) is 0 Å². The molecule has 100 valence electrons. The van der Waals surface area contributed by atoms with Crippen molar-refractivity contribution in [2.45, 2.75) is 90.4 Å². The van der Waals surface area contributed by atoms with E-state index in [-0.39, 0.29) is 0 Å². The van der Waals surface area contributed by atoms with Crippen LogP contribution >= 0.6 is 13.6 Å². The third-order valence-corrected chi connectivity index (χ3v) is 3.10. The van der Waals surface area contributed by atoms with Gasteiger partial charge in [-0.05, 0) is 0 Å². The van der Waals surface area contributed by atoms with E-state index >= 15 is 0 Å². The first-order chi connectivity index (χ1) is 8.41. The minimum atomic E-state index is 1.12. The Morgan fingerprint density at radius 1 is 0.647 bits per heavy atom. The molecule has 0 aromatic carbocycles. The summed E-state index contributed by atoms with van der Waals surface area (Å²) in [6.45, 7) is 6.15. The molecule has 2 heteroatoms. The van der Waals surface area contributed by atoms with Crippen LogP contribution in [0.5, 0.6) is 0 Å². The zero-order valence-corrected chi connectivity index (χ0v) is 16.5. The van der Waals surface area contributed by atoms with Gasteiger partial charge < -0.3 is 6.92 Å². The predicted molar refractivity (Wildman–Crippen MR) is 80.0 cm³/mol. The summed E-state index contributed by atoms with van der Waals surface area (Å²) >= 11 is 4.25. The molecule has 0 unspecified atom stereocenters. The molecule has 0 spiro atoms. The van der Waals surface area contributed by atoms with Crippen molar-refractivity contribution in [2.75, 3.05) is 0 Å². The Morgan fingerprint density at radius 3 is 1.24 bits per heavy atom. The van der Waals surface area contributed by atoms with Gasteiger partial charge in [0.1, 0.15) is 0 Å². The van der Waals surface area contributed by atoms with Gasteiger partial charge in [0.05, 0.1) is 0 Å². The van der Waals surface area contributed by atoms with E-state index in [1.807, 2.05) is 0 Å². The maximum atomic E-state index is 3.87. The third-order valence-electron chi connectivity index (χ3n) is 3.10. The van der Waals surface area contributed by atoms with Crippen LogP contribution < -0.4 is 0 Å². The fourth-order valence-electron chi connectivity index (χ4n) is 2.02. The zero-order chi connectivity index (χ0) is 13.2. The van der Waals surface area contributed by atoms with E-state index in [1.54, 1.807) is 0 Å². The molecule has 0 amide bonds. The standard InChI is InChI=1S/C15H31.BrH.Zn/c1-3-5-7-9-11-13-15-14-12-10-8-6-4-2;;/h1,3-15H2,2H3;1H;/q-1;;+2/p-1. The summed E-state index contributed by atoms with van der Waals surface area (Å²) in [4.78, 5) is 0. The summed E-state index contributed by atoms with van der Waals surface area (Å²) in [5.41, 5.74) is 0. The van der Waals surface area contributed by atoms with E-state index in [9.17, 15) is 0 Å². The molecule has 0 aliphatic rings. The SMILES string of the molecule is [CH2-]CCCCCCCCCCCCCC.[Zn+][Br]. The van der Waals surface area contributed by atoms with Crippen LogP contribution in [0.2, 0.25) is 0 Å². The fourth-order valence-corrected chi connectivity index (χ4v) is 2.02. The van der Waals surface area contributed by atoms with Gasteiger partial charge in [-0.2, -0.15) is 6.42 Å². The summed E-state index contributed by atoms with van der Waals surface area (Å²) in [7, 11) is 0. The van der Waals surface area contributed by atoms with Crippen molar-refractivity contribution in [3.8, 4) is 0 Å². The number of rotatable bonds is 12. The monoisotopic (exact) mass is 354 g/mol. The Hall–Kier alpha value is 1.10. The molecule has 0 fully saturated rings. The molecule has 0 saturated heterocycles. The zero-order valence-electron chi connectivity index (χ0n) is 12.0. The molecular formula is C15H31BrZn. The first kappa shape index (κ1) is 20.4. The molecule has 17 heavy (non-hydrogen) atoms. The summed E-state index contributed by atoms with van der Waals surface area (Å²) < 4.78 is 0. The molecule has 0 bridgehead atoms. The van der Waals surface area contributed by atoms with Crippen LogP contribution in [0.4, 0.5) is 0 Å². The minimum absolute atomic E-state index is 1.12. The van der Waals surface area contributed by atoms with Gasteiger partial charge >= 0.3 is 30.0 Å². The number of hydrogen-bond acceptors (Lipinski definition) is 0. The van der Waals surface area contributed by atoms with Gasteiger partial charge in [0.2, 0.25) is 0 Å². The van der Waals surface area contributed by atoms with Gasteiger partial charge in [-0.3, -0.25) is 0 Å². The quantitative estimate of drug-likeness (QED) is 0.206. The van der Waals surface area contributed by atoms with Crippen LogP contribution in [0.25, 0.3) is 0 Å². The molecule has 0 heterocycles. The molecule has 0 aliphatic carbocycles. The Kier molecular flexibility index (Phi) is 26.8. The Morgan fingerprint density at radius 2 is 0.941 bits per heavy atom. The Balaban J connectivity index is 0. The topological polar surface area (TPSA) is 0 Å². The average molecular weight is 357 g/mol. The summed E-state index contributed by atoms with van der Waals surface area (Å²) in [6.07, 6.45) is 18.3. The van der Waals surface area contributed by atoms with Gasteiger partial charge in [0.15, 0.2) is 0 Å². The molecule has 0 nitrogen and oxygen atoms in total. The third kappa shape index (κ3) is 22.7. The molecule has 0 rings (SSSR count). The Bertz CT molecular complexity index is 95.1. The number of unbranched alkanes of at least 4 members (excludes halogenated alkanes) is 12. The predicted octanol–water partition coefficient (Wildman–Crippen LogP) is 6.75. The van der Waals surface area contributed by atoms with E-state index in [0.717, 1.165) is 6.42 Å². The maximum absolute atomic E-state index is 3.87. The van der Waals surface area contributed by atoms with Crippen LogP contribution in [-0.2, 0) is 16.3 Å². The van der Waals surface area contributed by atoms with E-state index in [2.05, 4.69) is 27.5 Å². The van der Waals surface area contributed by atoms with Crippen molar-refractivity contribution in [1.82, 2.24) is 0 Å². The van der Waals surface area contributed by atoms with Gasteiger partial charge in [0.25, 0.3) is 0 Å².